The summed E-state index contributed by atoms with van der Waals surface area (Å²) in [5, 5.41) is 0. The van der Waals surface area contributed by atoms with Gasteiger partial charge in [-0.2, -0.15) is 0 Å². The number of hydrogen-bond acceptors (Lipinski definition) is 2. The number of benzene rings is 1. The molecule has 0 aromatic heterocycles. The van der Waals surface area contributed by atoms with Gasteiger partial charge in [-0.15, -0.1) is 0 Å². The predicted molar refractivity (Wildman–Crippen MR) is 73.6 cm³/mol. The molecule has 1 fully saturated rings. The van der Waals surface area contributed by atoms with E-state index in [4.69, 9.17) is 4.74 Å². The molecule has 1 spiro atoms. The van der Waals surface area contributed by atoms with Crippen molar-refractivity contribution in [3.8, 4) is 0 Å². The van der Waals surface area contributed by atoms with Gasteiger partial charge in [0.1, 0.15) is 5.60 Å². The third-order valence-corrected chi connectivity index (χ3v) is 5.21. The third kappa shape index (κ3) is 1.48. The topological polar surface area (TPSA) is 21.6 Å². The summed E-state index contributed by atoms with van der Waals surface area (Å²) in [6.45, 7) is 0. The second-order valence-electron chi connectivity index (χ2n) is 4.47. The molecule has 0 unspecified atom stereocenters. The zero-order valence-electron chi connectivity index (χ0n) is 9.03. The van der Waals surface area contributed by atoms with Gasteiger partial charge in [0.25, 0.3) is 0 Å². The number of ether oxygens (including phenoxy) is 1. The second-order valence-corrected chi connectivity index (χ2v) is 5.98. The van der Waals surface area contributed by atoms with E-state index in [1.54, 1.807) is 6.40 Å². The van der Waals surface area contributed by atoms with Gasteiger partial charge in [-0.1, -0.05) is 47.2 Å². The highest BCUT2D eigenvalue weighted by molar-refractivity contribution is 14.1. The van der Waals surface area contributed by atoms with Crippen molar-refractivity contribution < 1.29 is 4.74 Å². The Kier molecular flexibility index (Phi) is 2.65. The number of nitrogens with zero attached hydrogens (tertiary/aromatic N) is 1. The maximum atomic E-state index is 5.95. The van der Waals surface area contributed by atoms with Crippen molar-refractivity contribution in [1.82, 2.24) is 0 Å². The Labute approximate surface area is 109 Å². The van der Waals surface area contributed by atoms with Crippen LogP contribution in [0, 0.1) is 0 Å². The molecule has 1 aliphatic heterocycles. The SMILES string of the molecule is I[C@H]1CCCC[C@]12OC=Nc1ccccc12. The summed E-state index contributed by atoms with van der Waals surface area (Å²) < 4.78 is 6.49. The molecule has 16 heavy (non-hydrogen) atoms. The number of hydrogen-bond donors (Lipinski definition) is 0. The Morgan fingerprint density at radius 1 is 1.31 bits per heavy atom. The van der Waals surface area contributed by atoms with Crippen LogP contribution < -0.4 is 0 Å². The summed E-state index contributed by atoms with van der Waals surface area (Å²) in [7, 11) is 0. The van der Waals surface area contributed by atoms with Gasteiger partial charge in [0.05, 0.1) is 9.61 Å². The van der Waals surface area contributed by atoms with Crippen LogP contribution in [-0.2, 0) is 10.3 Å². The van der Waals surface area contributed by atoms with Crippen LogP contribution in [0.4, 0.5) is 5.69 Å². The zero-order chi connectivity index (χ0) is 11.0. The normalized spacial score (nSPS) is 32.2. The molecule has 1 aromatic rings. The molecule has 2 nitrogen and oxygen atoms in total. The van der Waals surface area contributed by atoms with E-state index in [-0.39, 0.29) is 5.60 Å². The number of halogens is 1. The first kappa shape index (κ1) is 10.6. The molecule has 3 heteroatoms. The van der Waals surface area contributed by atoms with Crippen molar-refractivity contribution in [2.75, 3.05) is 0 Å². The lowest BCUT2D eigenvalue weighted by atomic mass is 9.78. The fourth-order valence-electron chi connectivity index (χ4n) is 2.72. The minimum Gasteiger partial charge on any atom is -0.471 e. The van der Waals surface area contributed by atoms with Gasteiger partial charge >= 0.3 is 0 Å². The van der Waals surface area contributed by atoms with Crippen LogP contribution in [0.1, 0.15) is 31.2 Å². The molecule has 1 heterocycles. The molecular weight excluding hydrogens is 313 g/mol. The first-order chi connectivity index (χ1) is 7.83. The van der Waals surface area contributed by atoms with Crippen molar-refractivity contribution >= 4 is 34.7 Å². The van der Waals surface area contributed by atoms with Crippen molar-refractivity contribution in [3.05, 3.63) is 29.8 Å². The first-order valence-electron chi connectivity index (χ1n) is 5.77. The number of para-hydroxylation sites is 1. The van der Waals surface area contributed by atoms with Crippen LogP contribution in [-0.4, -0.2) is 10.3 Å². The van der Waals surface area contributed by atoms with Gasteiger partial charge in [0.2, 0.25) is 0 Å². The van der Waals surface area contributed by atoms with E-state index in [2.05, 4.69) is 45.8 Å². The van der Waals surface area contributed by atoms with E-state index in [0.717, 1.165) is 12.1 Å². The minimum atomic E-state index is -0.114. The molecule has 84 valence electrons. The van der Waals surface area contributed by atoms with E-state index >= 15 is 0 Å². The molecule has 0 N–H and O–H groups in total. The quantitative estimate of drug-likeness (QED) is 0.522. The van der Waals surface area contributed by atoms with Gasteiger partial charge in [0, 0.05) is 5.56 Å². The highest BCUT2D eigenvalue weighted by Crippen LogP contribution is 2.48. The van der Waals surface area contributed by atoms with Crippen LogP contribution in [0.15, 0.2) is 29.3 Å². The number of rotatable bonds is 0. The summed E-state index contributed by atoms with van der Waals surface area (Å²) >= 11 is 2.54. The molecular formula is C13H14INO. The van der Waals surface area contributed by atoms with E-state index in [0.29, 0.717) is 3.92 Å². The Balaban J connectivity index is 2.11. The zero-order valence-corrected chi connectivity index (χ0v) is 11.2. The van der Waals surface area contributed by atoms with E-state index < -0.39 is 0 Å². The molecule has 1 aromatic carbocycles. The summed E-state index contributed by atoms with van der Waals surface area (Å²) in [6, 6.07) is 8.37. The standard InChI is InChI=1S/C13H14INO/c14-12-7-3-4-8-13(12)10-5-1-2-6-11(10)15-9-16-13/h1-2,5-6,9,12H,3-4,7-8H2/t12-,13+/m0/s1. The molecule has 0 saturated heterocycles. The summed E-state index contributed by atoms with van der Waals surface area (Å²) in [5.74, 6) is 0. The predicted octanol–water partition coefficient (Wildman–Crippen LogP) is 3.95. The van der Waals surface area contributed by atoms with Crippen LogP contribution in [0.3, 0.4) is 0 Å². The van der Waals surface area contributed by atoms with Gasteiger partial charge in [-0.05, 0) is 25.3 Å². The highest BCUT2D eigenvalue weighted by atomic mass is 127. The molecule has 0 bridgehead atoms. The second kappa shape index (κ2) is 4.02. The third-order valence-electron chi connectivity index (χ3n) is 3.58. The van der Waals surface area contributed by atoms with Gasteiger partial charge in [0.15, 0.2) is 6.40 Å². The van der Waals surface area contributed by atoms with Crippen LogP contribution in [0.2, 0.25) is 0 Å². The smallest absolute Gasteiger partial charge is 0.175 e. The maximum absolute atomic E-state index is 5.95. The maximum Gasteiger partial charge on any atom is 0.175 e. The molecule has 2 atom stereocenters. The molecule has 3 rings (SSSR count). The molecule has 0 amide bonds. The minimum absolute atomic E-state index is 0.114. The fraction of sp³-hybridized carbons (Fsp3) is 0.462. The van der Waals surface area contributed by atoms with E-state index in [1.807, 2.05) is 6.07 Å². The number of aliphatic imine (C=N–C) groups is 1. The van der Waals surface area contributed by atoms with Crippen LogP contribution in [0.25, 0.3) is 0 Å². The van der Waals surface area contributed by atoms with Crippen molar-refractivity contribution in [1.29, 1.82) is 0 Å². The van der Waals surface area contributed by atoms with Crippen molar-refractivity contribution in [3.63, 3.8) is 0 Å². The Bertz CT molecular complexity index is 432. The van der Waals surface area contributed by atoms with Crippen LogP contribution >= 0.6 is 22.6 Å². The summed E-state index contributed by atoms with van der Waals surface area (Å²) in [6.07, 6.45) is 6.56. The average molecular weight is 327 g/mol. The van der Waals surface area contributed by atoms with Crippen molar-refractivity contribution in [2.45, 2.75) is 35.2 Å². The summed E-state index contributed by atoms with van der Waals surface area (Å²) in [5.41, 5.74) is 2.24. The molecule has 0 radical (unpaired) electrons. The number of fused-ring (bicyclic) bond motifs is 2. The fourth-order valence-corrected chi connectivity index (χ4v) is 3.96. The largest absolute Gasteiger partial charge is 0.471 e. The average Bonchev–Trinajstić information content (AvgIpc) is 2.34. The van der Waals surface area contributed by atoms with Gasteiger partial charge in [-0.25, -0.2) is 4.99 Å². The lowest BCUT2D eigenvalue weighted by molar-refractivity contribution is 0.0302. The molecule has 1 saturated carbocycles. The summed E-state index contributed by atoms with van der Waals surface area (Å²) in [4.78, 5) is 4.33. The highest BCUT2D eigenvalue weighted by Gasteiger charge is 2.45. The lowest BCUT2D eigenvalue weighted by Crippen LogP contribution is -2.42. The van der Waals surface area contributed by atoms with Crippen molar-refractivity contribution in [2.24, 2.45) is 4.99 Å². The van der Waals surface area contributed by atoms with Crippen LogP contribution in [0.5, 0.6) is 0 Å². The Morgan fingerprint density at radius 2 is 2.19 bits per heavy atom. The van der Waals surface area contributed by atoms with Gasteiger partial charge < -0.3 is 4.74 Å². The van der Waals surface area contributed by atoms with E-state index in [1.165, 1.54) is 24.8 Å². The van der Waals surface area contributed by atoms with E-state index in [9.17, 15) is 0 Å². The number of alkyl halides is 1. The lowest BCUT2D eigenvalue weighted by Gasteiger charge is -2.42. The monoisotopic (exact) mass is 327 g/mol. The Hall–Kier alpha value is -0.580. The molecule has 1 aliphatic carbocycles. The van der Waals surface area contributed by atoms with Gasteiger partial charge in [-0.3, -0.25) is 0 Å². The molecule has 2 aliphatic rings. The first-order valence-corrected chi connectivity index (χ1v) is 7.01. The Morgan fingerprint density at radius 3 is 3.06 bits per heavy atom.